The van der Waals surface area contributed by atoms with E-state index in [-0.39, 0.29) is 5.78 Å². The van der Waals surface area contributed by atoms with E-state index in [1.165, 1.54) is 0 Å². The summed E-state index contributed by atoms with van der Waals surface area (Å²) in [5.74, 6) is 0.771. The highest BCUT2D eigenvalue weighted by atomic mass is 16.3. The van der Waals surface area contributed by atoms with Gasteiger partial charge in [0.1, 0.15) is 6.10 Å². The Labute approximate surface area is 74.0 Å². The van der Waals surface area contributed by atoms with Crippen LogP contribution in [0.25, 0.3) is 0 Å². The Kier molecular flexibility index (Phi) is 3.73. The third-order valence-electron chi connectivity index (χ3n) is 2.67. The highest BCUT2D eigenvalue weighted by Gasteiger charge is 2.17. The van der Waals surface area contributed by atoms with Crippen LogP contribution in [0.5, 0.6) is 0 Å². The first kappa shape index (κ1) is 9.72. The molecule has 0 bridgehead atoms. The van der Waals surface area contributed by atoms with Gasteiger partial charge in [-0.2, -0.15) is 0 Å². The fourth-order valence-electron chi connectivity index (χ4n) is 1.76. The Morgan fingerprint density at radius 1 is 1.25 bits per heavy atom. The smallest absolute Gasteiger partial charge is 0.161 e. The van der Waals surface area contributed by atoms with Crippen molar-refractivity contribution in [2.75, 3.05) is 0 Å². The van der Waals surface area contributed by atoms with Crippen LogP contribution in [-0.4, -0.2) is 17.0 Å². The molecule has 1 saturated carbocycles. The zero-order valence-electron chi connectivity index (χ0n) is 7.75. The summed E-state index contributed by atoms with van der Waals surface area (Å²) in [6.07, 6.45) is 4.82. The molecule has 70 valence electrons. The fraction of sp³-hybridized carbons (Fsp3) is 0.900. The SMILES string of the molecule is CC1CCCC(=O)C(O)CCC1. The van der Waals surface area contributed by atoms with Crippen molar-refractivity contribution in [3.63, 3.8) is 0 Å². The van der Waals surface area contributed by atoms with Gasteiger partial charge in [0.2, 0.25) is 0 Å². The van der Waals surface area contributed by atoms with Gasteiger partial charge in [0.25, 0.3) is 0 Å². The summed E-state index contributed by atoms with van der Waals surface area (Å²) in [6.45, 7) is 2.22. The van der Waals surface area contributed by atoms with Crippen LogP contribution in [0.3, 0.4) is 0 Å². The van der Waals surface area contributed by atoms with E-state index in [0.29, 0.717) is 12.8 Å². The van der Waals surface area contributed by atoms with Gasteiger partial charge in [-0.1, -0.05) is 26.2 Å². The zero-order chi connectivity index (χ0) is 8.97. The summed E-state index contributed by atoms with van der Waals surface area (Å²) in [6, 6.07) is 0. The molecule has 1 rings (SSSR count). The molecule has 2 unspecified atom stereocenters. The van der Waals surface area contributed by atoms with Crippen LogP contribution in [0.1, 0.15) is 45.4 Å². The van der Waals surface area contributed by atoms with E-state index in [2.05, 4.69) is 6.92 Å². The predicted molar refractivity (Wildman–Crippen MR) is 47.9 cm³/mol. The van der Waals surface area contributed by atoms with Crippen LogP contribution >= 0.6 is 0 Å². The molecule has 0 amide bonds. The van der Waals surface area contributed by atoms with Gasteiger partial charge in [0.15, 0.2) is 5.78 Å². The van der Waals surface area contributed by atoms with Crippen molar-refractivity contribution >= 4 is 5.78 Å². The number of carbonyl (C=O) groups excluding carboxylic acids is 1. The molecular formula is C10H18O2. The maximum absolute atomic E-state index is 11.2. The monoisotopic (exact) mass is 170 g/mol. The van der Waals surface area contributed by atoms with Crippen molar-refractivity contribution < 1.29 is 9.90 Å². The first-order chi connectivity index (χ1) is 5.70. The molecule has 1 fully saturated rings. The first-order valence-corrected chi connectivity index (χ1v) is 4.91. The van der Waals surface area contributed by atoms with E-state index in [1.807, 2.05) is 0 Å². The van der Waals surface area contributed by atoms with E-state index >= 15 is 0 Å². The van der Waals surface area contributed by atoms with Gasteiger partial charge in [-0.25, -0.2) is 0 Å². The van der Waals surface area contributed by atoms with Crippen molar-refractivity contribution in [2.45, 2.75) is 51.6 Å². The minimum absolute atomic E-state index is 0.0455. The third kappa shape index (κ3) is 2.94. The molecule has 0 aliphatic heterocycles. The van der Waals surface area contributed by atoms with Gasteiger partial charge >= 0.3 is 0 Å². The molecule has 1 aliphatic carbocycles. The van der Waals surface area contributed by atoms with Crippen LogP contribution in [0.15, 0.2) is 0 Å². The summed E-state index contributed by atoms with van der Waals surface area (Å²) in [4.78, 5) is 11.2. The summed E-state index contributed by atoms with van der Waals surface area (Å²) in [5, 5.41) is 9.34. The average Bonchev–Trinajstić information content (AvgIpc) is 2.08. The summed E-state index contributed by atoms with van der Waals surface area (Å²) < 4.78 is 0. The van der Waals surface area contributed by atoms with Gasteiger partial charge in [-0.15, -0.1) is 0 Å². The zero-order valence-corrected chi connectivity index (χ0v) is 7.75. The standard InChI is InChI=1S/C10H18O2/c1-8-4-2-6-9(11)10(12)7-3-5-8/h8-9,11H,2-7H2,1H3. The van der Waals surface area contributed by atoms with E-state index in [4.69, 9.17) is 0 Å². The molecule has 0 aromatic rings. The average molecular weight is 170 g/mol. The number of aliphatic hydroxyl groups is 1. The lowest BCUT2D eigenvalue weighted by Crippen LogP contribution is -2.19. The molecule has 0 spiro atoms. The van der Waals surface area contributed by atoms with E-state index < -0.39 is 6.10 Å². The van der Waals surface area contributed by atoms with E-state index in [1.54, 1.807) is 0 Å². The first-order valence-electron chi connectivity index (χ1n) is 4.91. The minimum Gasteiger partial charge on any atom is -0.385 e. The molecule has 0 radical (unpaired) electrons. The lowest BCUT2D eigenvalue weighted by molar-refractivity contribution is -0.127. The number of hydrogen-bond acceptors (Lipinski definition) is 2. The Hall–Kier alpha value is -0.370. The van der Waals surface area contributed by atoms with Gasteiger partial charge in [0, 0.05) is 6.42 Å². The molecule has 2 nitrogen and oxygen atoms in total. The van der Waals surface area contributed by atoms with Crippen LogP contribution < -0.4 is 0 Å². The van der Waals surface area contributed by atoms with Crippen molar-refractivity contribution in [3.05, 3.63) is 0 Å². The second-order valence-electron chi connectivity index (χ2n) is 3.91. The largest absolute Gasteiger partial charge is 0.385 e. The second kappa shape index (κ2) is 4.61. The Balaban J connectivity index is 2.41. The van der Waals surface area contributed by atoms with Gasteiger partial charge in [0.05, 0.1) is 0 Å². The molecule has 0 aromatic heterocycles. The summed E-state index contributed by atoms with van der Waals surface area (Å²) in [5.41, 5.74) is 0. The number of aliphatic hydroxyl groups excluding tert-OH is 1. The van der Waals surface area contributed by atoms with Crippen LogP contribution in [0, 0.1) is 5.92 Å². The third-order valence-corrected chi connectivity index (χ3v) is 2.67. The Morgan fingerprint density at radius 3 is 2.67 bits per heavy atom. The lowest BCUT2D eigenvalue weighted by atomic mass is 9.99. The molecular weight excluding hydrogens is 152 g/mol. The number of Topliss-reactive ketones (excluding diaryl/α,β-unsaturated/α-hetero) is 1. The van der Waals surface area contributed by atoms with Crippen molar-refractivity contribution in [3.8, 4) is 0 Å². The molecule has 1 aliphatic rings. The molecule has 2 atom stereocenters. The maximum atomic E-state index is 11.2. The molecule has 0 heterocycles. The summed E-state index contributed by atoms with van der Waals surface area (Å²) in [7, 11) is 0. The predicted octanol–water partition coefficient (Wildman–Crippen LogP) is 1.91. The molecule has 0 saturated heterocycles. The Bertz CT molecular complexity index is 154. The molecule has 0 aromatic carbocycles. The highest BCUT2D eigenvalue weighted by Crippen LogP contribution is 2.19. The van der Waals surface area contributed by atoms with Crippen LogP contribution in [0.2, 0.25) is 0 Å². The van der Waals surface area contributed by atoms with Gasteiger partial charge in [-0.05, 0) is 18.8 Å². The quantitative estimate of drug-likeness (QED) is 0.603. The second-order valence-corrected chi connectivity index (χ2v) is 3.91. The molecule has 2 heteroatoms. The highest BCUT2D eigenvalue weighted by molar-refractivity contribution is 5.82. The number of rotatable bonds is 0. The van der Waals surface area contributed by atoms with Crippen molar-refractivity contribution in [2.24, 2.45) is 5.92 Å². The van der Waals surface area contributed by atoms with E-state index in [9.17, 15) is 9.90 Å². The number of hydrogen-bond donors (Lipinski definition) is 1. The van der Waals surface area contributed by atoms with E-state index in [0.717, 1.165) is 31.6 Å². The van der Waals surface area contributed by atoms with Gasteiger partial charge < -0.3 is 5.11 Å². The fourth-order valence-corrected chi connectivity index (χ4v) is 1.76. The van der Waals surface area contributed by atoms with Crippen molar-refractivity contribution in [1.29, 1.82) is 0 Å². The Morgan fingerprint density at radius 2 is 1.92 bits per heavy atom. The van der Waals surface area contributed by atoms with Crippen molar-refractivity contribution in [1.82, 2.24) is 0 Å². The minimum atomic E-state index is -0.671. The maximum Gasteiger partial charge on any atom is 0.161 e. The molecule has 12 heavy (non-hydrogen) atoms. The van der Waals surface area contributed by atoms with Gasteiger partial charge in [-0.3, -0.25) is 4.79 Å². The normalized spacial score (nSPS) is 33.7. The number of ketones is 1. The number of carbonyl (C=O) groups is 1. The summed E-state index contributed by atoms with van der Waals surface area (Å²) >= 11 is 0. The topological polar surface area (TPSA) is 37.3 Å². The lowest BCUT2D eigenvalue weighted by Gasteiger charge is -2.07. The molecule has 1 N–H and O–H groups in total. The van der Waals surface area contributed by atoms with Crippen LogP contribution in [-0.2, 0) is 4.79 Å². The van der Waals surface area contributed by atoms with Crippen LogP contribution in [0.4, 0.5) is 0 Å².